The highest BCUT2D eigenvalue weighted by atomic mass is 32.1. The van der Waals surface area contributed by atoms with E-state index in [1.807, 2.05) is 31.4 Å². The summed E-state index contributed by atoms with van der Waals surface area (Å²) in [6.07, 6.45) is 7.14. The maximum Gasteiger partial charge on any atom is 0.422 e. The number of carbonyl (C=O) groups is 1. The Morgan fingerprint density at radius 2 is 1.95 bits per heavy atom. The maximum atomic E-state index is 13.3. The van der Waals surface area contributed by atoms with Gasteiger partial charge >= 0.3 is 6.18 Å². The Morgan fingerprint density at radius 3 is 2.75 bits per heavy atom. The Hall–Kier alpha value is -2.66. The van der Waals surface area contributed by atoms with Crippen LogP contribution in [-0.2, 0) is 19.9 Å². The van der Waals surface area contributed by atoms with Crippen LogP contribution in [0, 0.1) is 11.3 Å². The van der Waals surface area contributed by atoms with E-state index in [4.69, 9.17) is 4.74 Å². The van der Waals surface area contributed by atoms with Crippen LogP contribution in [0.3, 0.4) is 0 Å². The molecule has 0 saturated heterocycles. The van der Waals surface area contributed by atoms with Crippen molar-refractivity contribution in [3.63, 3.8) is 0 Å². The van der Waals surface area contributed by atoms with Gasteiger partial charge < -0.3 is 15.0 Å². The van der Waals surface area contributed by atoms with Crippen molar-refractivity contribution >= 4 is 28.1 Å². The highest BCUT2D eigenvalue weighted by Crippen LogP contribution is 2.50. The number of hydrogen-bond acceptors (Lipinski definition) is 6. The first-order chi connectivity index (χ1) is 19.2. The average Bonchev–Trinajstić information content (AvgIpc) is 3.33. The lowest BCUT2D eigenvalue weighted by Gasteiger charge is -2.38. The first-order valence-corrected chi connectivity index (χ1v) is 15.1. The minimum absolute atomic E-state index is 0.000563. The Bertz CT molecular complexity index is 1340. The van der Waals surface area contributed by atoms with E-state index >= 15 is 0 Å². The van der Waals surface area contributed by atoms with E-state index in [0.29, 0.717) is 16.9 Å². The SMILES string of the molecule is Cn1cc2c(C(=O)NC3CCC4(CCN5CCc6nc(OCC(F)(F)F)sc6CC5)CCC3CC4)cccc2n1. The molecule has 216 valence electrons. The number of fused-ring (bicyclic) bond motifs is 6. The third-order valence-electron chi connectivity index (χ3n) is 9.27. The van der Waals surface area contributed by atoms with Gasteiger partial charge in [-0.2, -0.15) is 18.3 Å². The molecule has 7 nitrogen and oxygen atoms in total. The molecule has 4 aliphatic rings. The van der Waals surface area contributed by atoms with Crippen molar-refractivity contribution < 1.29 is 22.7 Å². The van der Waals surface area contributed by atoms with Crippen LogP contribution in [0.2, 0.25) is 0 Å². The number of ether oxygens (including phenoxy) is 1. The monoisotopic (exact) mass is 575 g/mol. The number of hydrogen-bond donors (Lipinski definition) is 1. The lowest BCUT2D eigenvalue weighted by molar-refractivity contribution is -0.153. The van der Waals surface area contributed by atoms with Crippen LogP contribution in [0.4, 0.5) is 13.2 Å². The number of aromatic nitrogens is 3. The fourth-order valence-electron chi connectivity index (χ4n) is 6.98. The van der Waals surface area contributed by atoms with E-state index in [2.05, 4.69) is 20.3 Å². The van der Waals surface area contributed by atoms with Crippen LogP contribution < -0.4 is 10.1 Å². The molecule has 1 aliphatic heterocycles. The van der Waals surface area contributed by atoms with Crippen LogP contribution in [0.1, 0.15) is 65.9 Å². The molecule has 0 spiro atoms. The molecule has 40 heavy (non-hydrogen) atoms. The van der Waals surface area contributed by atoms with Crippen LogP contribution in [0.15, 0.2) is 24.4 Å². The van der Waals surface area contributed by atoms with Gasteiger partial charge in [0.25, 0.3) is 11.1 Å². The summed E-state index contributed by atoms with van der Waals surface area (Å²) in [6, 6.07) is 5.93. The molecule has 7 rings (SSSR count). The number of nitrogens with zero attached hydrogens (tertiary/aromatic N) is 4. The summed E-state index contributed by atoms with van der Waals surface area (Å²) in [6.45, 7) is 1.49. The molecular formula is C29H36F3N5O2S. The number of amides is 1. The second kappa shape index (κ2) is 11.0. The predicted molar refractivity (Wildman–Crippen MR) is 148 cm³/mol. The summed E-state index contributed by atoms with van der Waals surface area (Å²) in [7, 11) is 1.88. The molecule has 1 amide bonds. The normalized spacial score (nSPS) is 25.4. The van der Waals surface area contributed by atoms with Crippen LogP contribution in [0.25, 0.3) is 10.9 Å². The molecule has 1 unspecified atom stereocenters. The zero-order valence-electron chi connectivity index (χ0n) is 22.8. The third-order valence-corrected chi connectivity index (χ3v) is 10.3. The van der Waals surface area contributed by atoms with Gasteiger partial charge in [0.2, 0.25) is 0 Å². The predicted octanol–water partition coefficient (Wildman–Crippen LogP) is 5.53. The molecular weight excluding hydrogens is 539 g/mol. The van der Waals surface area contributed by atoms with Crippen molar-refractivity contribution in [2.75, 3.05) is 26.2 Å². The van der Waals surface area contributed by atoms with Crippen LogP contribution in [0.5, 0.6) is 5.19 Å². The summed E-state index contributed by atoms with van der Waals surface area (Å²) in [4.78, 5) is 21.2. The summed E-state index contributed by atoms with van der Waals surface area (Å²) in [5.74, 6) is 0.530. The third kappa shape index (κ3) is 6.00. The van der Waals surface area contributed by atoms with Gasteiger partial charge in [-0.3, -0.25) is 9.48 Å². The van der Waals surface area contributed by atoms with Crippen LogP contribution in [-0.4, -0.2) is 64.0 Å². The largest absolute Gasteiger partial charge is 0.460 e. The standard InChI is InChI=1S/C29H36F3N5O2S/c1-36-17-21-20(3-2-4-23(21)35-36)26(38)33-22-7-12-28(10-5-19(22)6-11-28)13-16-37-14-8-24-25(9-15-37)40-27(34-24)39-18-29(30,31)32/h2-4,17,19,22H,5-16,18H2,1H3,(H,33,38). The van der Waals surface area contributed by atoms with Gasteiger partial charge in [0.15, 0.2) is 6.61 Å². The summed E-state index contributed by atoms with van der Waals surface area (Å²) in [5.41, 5.74) is 2.75. The Morgan fingerprint density at radius 1 is 1.18 bits per heavy atom. The highest BCUT2D eigenvalue weighted by molar-refractivity contribution is 7.13. The number of thiazole rings is 1. The summed E-state index contributed by atoms with van der Waals surface area (Å²) < 4.78 is 44.1. The average molecular weight is 576 g/mol. The summed E-state index contributed by atoms with van der Waals surface area (Å²) in [5, 5.41) is 8.86. The smallest absolute Gasteiger partial charge is 0.422 e. The Kier molecular flexibility index (Phi) is 7.54. The van der Waals surface area contributed by atoms with E-state index in [9.17, 15) is 18.0 Å². The fraction of sp³-hybridized carbons (Fsp3) is 0.621. The van der Waals surface area contributed by atoms with Crippen molar-refractivity contribution in [3.8, 4) is 5.19 Å². The zero-order chi connectivity index (χ0) is 27.9. The highest BCUT2D eigenvalue weighted by Gasteiger charge is 2.42. The van der Waals surface area contributed by atoms with Crippen LogP contribution >= 0.6 is 11.3 Å². The van der Waals surface area contributed by atoms with Gasteiger partial charge in [-0.15, -0.1) is 0 Å². The number of aryl methyl sites for hydroxylation is 1. The van der Waals surface area contributed by atoms with Gasteiger partial charge in [-0.25, -0.2) is 4.98 Å². The second-order valence-corrected chi connectivity index (χ2v) is 12.9. The molecule has 3 aliphatic carbocycles. The van der Waals surface area contributed by atoms with E-state index in [-0.39, 0.29) is 17.1 Å². The van der Waals surface area contributed by atoms with Gasteiger partial charge in [-0.05, 0) is 81.4 Å². The summed E-state index contributed by atoms with van der Waals surface area (Å²) >= 11 is 1.26. The van der Waals surface area contributed by atoms with Gasteiger partial charge in [-0.1, -0.05) is 17.4 Å². The van der Waals surface area contributed by atoms with E-state index < -0.39 is 12.8 Å². The quantitative estimate of drug-likeness (QED) is 0.401. The molecule has 1 N–H and O–H groups in total. The molecule has 2 bridgehead atoms. The zero-order valence-corrected chi connectivity index (χ0v) is 23.6. The number of halogens is 3. The molecule has 3 aromatic rings. The molecule has 3 heterocycles. The van der Waals surface area contributed by atoms with Gasteiger partial charge in [0.1, 0.15) is 0 Å². The van der Waals surface area contributed by atoms with Gasteiger partial charge in [0.05, 0.1) is 16.8 Å². The van der Waals surface area contributed by atoms with Crippen molar-refractivity contribution in [2.45, 2.75) is 70.0 Å². The number of nitrogens with one attached hydrogen (secondary N) is 1. The molecule has 11 heteroatoms. The molecule has 1 aromatic carbocycles. The molecule has 2 aromatic heterocycles. The van der Waals surface area contributed by atoms with E-state index in [1.54, 1.807) is 4.68 Å². The topological polar surface area (TPSA) is 72.3 Å². The molecule has 1 atom stereocenters. The first kappa shape index (κ1) is 27.5. The van der Waals surface area contributed by atoms with E-state index in [1.165, 1.54) is 24.2 Å². The molecule has 0 radical (unpaired) electrons. The number of rotatable bonds is 7. The number of benzene rings is 1. The molecule has 3 fully saturated rings. The maximum absolute atomic E-state index is 13.3. The Labute approximate surface area is 236 Å². The fourth-order valence-corrected chi connectivity index (χ4v) is 7.93. The molecule has 3 saturated carbocycles. The minimum Gasteiger partial charge on any atom is -0.460 e. The van der Waals surface area contributed by atoms with Crippen molar-refractivity contribution in [3.05, 3.63) is 40.5 Å². The Balaban J connectivity index is 1.02. The minimum atomic E-state index is -4.35. The number of alkyl halides is 3. The van der Waals surface area contributed by atoms with Gasteiger partial charge in [0, 0.05) is 49.1 Å². The van der Waals surface area contributed by atoms with E-state index in [0.717, 1.165) is 86.1 Å². The second-order valence-electron chi connectivity index (χ2n) is 11.8. The first-order valence-electron chi connectivity index (χ1n) is 14.3. The lowest BCUT2D eigenvalue weighted by Crippen LogP contribution is -2.40. The van der Waals surface area contributed by atoms with Crippen molar-refractivity contribution in [2.24, 2.45) is 18.4 Å². The lowest BCUT2D eigenvalue weighted by atomic mass is 9.69. The van der Waals surface area contributed by atoms with Crippen molar-refractivity contribution in [1.82, 2.24) is 25.0 Å². The number of carbonyl (C=O) groups excluding carboxylic acids is 1. The van der Waals surface area contributed by atoms with Crippen molar-refractivity contribution in [1.29, 1.82) is 0 Å².